The third kappa shape index (κ3) is 2.28. The molecule has 0 amide bonds. The molecule has 4 nitrogen and oxygen atoms in total. The Morgan fingerprint density at radius 1 is 1.56 bits per heavy atom. The lowest BCUT2D eigenvalue weighted by Crippen LogP contribution is -2.37. The molecule has 0 bridgehead atoms. The standard InChI is InChI=1S/C12H18N2O2/c1-14(7-10(13)8-15)11-2-3-12-9(6-11)4-5-16-12/h2-3,6,10,15H,4-5,7-8,13H2,1H3. The van der Waals surface area contributed by atoms with Crippen LogP contribution in [0.4, 0.5) is 5.69 Å². The Bertz CT molecular complexity index is 368. The second-order valence-electron chi connectivity index (χ2n) is 4.21. The van der Waals surface area contributed by atoms with Gasteiger partial charge in [-0.3, -0.25) is 0 Å². The van der Waals surface area contributed by atoms with Gasteiger partial charge in [-0.25, -0.2) is 0 Å². The molecule has 16 heavy (non-hydrogen) atoms. The second-order valence-corrected chi connectivity index (χ2v) is 4.21. The normalized spacial score (nSPS) is 15.4. The highest BCUT2D eigenvalue weighted by atomic mass is 16.5. The van der Waals surface area contributed by atoms with Crippen LogP contribution in [0, 0.1) is 0 Å². The zero-order valence-electron chi connectivity index (χ0n) is 9.52. The van der Waals surface area contributed by atoms with Crippen molar-refractivity contribution in [2.45, 2.75) is 12.5 Å². The summed E-state index contributed by atoms with van der Waals surface area (Å²) < 4.78 is 5.45. The molecule has 1 unspecified atom stereocenters. The molecule has 1 heterocycles. The fourth-order valence-electron chi connectivity index (χ4n) is 1.93. The molecule has 1 aliphatic heterocycles. The topological polar surface area (TPSA) is 58.7 Å². The summed E-state index contributed by atoms with van der Waals surface area (Å²) >= 11 is 0. The molecule has 0 radical (unpaired) electrons. The number of fused-ring (bicyclic) bond motifs is 1. The molecule has 4 heteroatoms. The number of likely N-dealkylation sites (N-methyl/N-ethyl adjacent to an activating group) is 1. The maximum atomic E-state index is 8.91. The number of ether oxygens (including phenoxy) is 1. The molecule has 0 spiro atoms. The van der Waals surface area contributed by atoms with Gasteiger partial charge in [0.1, 0.15) is 5.75 Å². The van der Waals surface area contributed by atoms with Gasteiger partial charge in [-0.2, -0.15) is 0 Å². The third-order valence-electron chi connectivity index (χ3n) is 2.86. The van der Waals surface area contributed by atoms with Crippen molar-refractivity contribution in [3.05, 3.63) is 23.8 Å². The summed E-state index contributed by atoms with van der Waals surface area (Å²) in [6.45, 7) is 1.44. The van der Waals surface area contributed by atoms with E-state index in [0.717, 1.165) is 24.5 Å². The first-order chi connectivity index (χ1) is 7.70. The minimum absolute atomic E-state index is 0.0123. The van der Waals surface area contributed by atoms with Gasteiger partial charge in [0, 0.05) is 31.7 Å². The lowest BCUT2D eigenvalue weighted by atomic mass is 10.1. The van der Waals surface area contributed by atoms with Crippen LogP contribution in [0.1, 0.15) is 5.56 Å². The van der Waals surface area contributed by atoms with Crippen molar-refractivity contribution < 1.29 is 9.84 Å². The molecule has 1 atom stereocenters. The Balaban J connectivity index is 2.09. The summed E-state index contributed by atoms with van der Waals surface area (Å²) in [6, 6.07) is 5.95. The van der Waals surface area contributed by atoms with Gasteiger partial charge in [0.05, 0.1) is 13.2 Å². The van der Waals surface area contributed by atoms with Gasteiger partial charge in [-0.15, -0.1) is 0 Å². The molecule has 1 aliphatic rings. The van der Waals surface area contributed by atoms with Crippen LogP contribution in [0.25, 0.3) is 0 Å². The zero-order valence-corrected chi connectivity index (χ0v) is 9.52. The van der Waals surface area contributed by atoms with Gasteiger partial charge in [-0.1, -0.05) is 0 Å². The van der Waals surface area contributed by atoms with E-state index < -0.39 is 0 Å². The van der Waals surface area contributed by atoms with Gasteiger partial charge >= 0.3 is 0 Å². The minimum atomic E-state index is -0.200. The number of nitrogens with two attached hydrogens (primary N) is 1. The highest BCUT2D eigenvalue weighted by Crippen LogP contribution is 2.29. The summed E-state index contributed by atoms with van der Waals surface area (Å²) in [5.41, 5.74) is 8.08. The highest BCUT2D eigenvalue weighted by Gasteiger charge is 2.14. The Kier molecular flexibility index (Phi) is 3.31. The maximum Gasteiger partial charge on any atom is 0.122 e. The number of rotatable bonds is 4. The van der Waals surface area contributed by atoms with Crippen LogP contribution in [0.3, 0.4) is 0 Å². The summed E-state index contributed by atoms with van der Waals surface area (Å²) in [7, 11) is 1.98. The van der Waals surface area contributed by atoms with E-state index in [1.54, 1.807) is 0 Å². The largest absolute Gasteiger partial charge is 0.493 e. The summed E-state index contributed by atoms with van der Waals surface area (Å²) in [5, 5.41) is 8.91. The quantitative estimate of drug-likeness (QED) is 0.773. The maximum absolute atomic E-state index is 8.91. The summed E-state index contributed by atoms with van der Waals surface area (Å²) in [4.78, 5) is 2.06. The van der Waals surface area contributed by atoms with E-state index in [9.17, 15) is 0 Å². The number of anilines is 1. The van der Waals surface area contributed by atoms with Gasteiger partial charge in [0.25, 0.3) is 0 Å². The number of aliphatic hydroxyl groups excluding tert-OH is 1. The van der Waals surface area contributed by atoms with Crippen LogP contribution in [-0.4, -0.2) is 38.0 Å². The van der Waals surface area contributed by atoms with Crippen molar-refractivity contribution in [3.63, 3.8) is 0 Å². The first kappa shape index (κ1) is 11.2. The van der Waals surface area contributed by atoms with Crippen LogP contribution in [-0.2, 0) is 6.42 Å². The fourth-order valence-corrected chi connectivity index (χ4v) is 1.93. The number of hydrogen-bond donors (Lipinski definition) is 2. The molecule has 1 aromatic rings. The van der Waals surface area contributed by atoms with E-state index in [1.165, 1.54) is 5.56 Å². The van der Waals surface area contributed by atoms with Crippen molar-refractivity contribution in [2.24, 2.45) is 5.73 Å². The van der Waals surface area contributed by atoms with E-state index in [0.29, 0.717) is 6.54 Å². The van der Waals surface area contributed by atoms with E-state index >= 15 is 0 Å². The smallest absolute Gasteiger partial charge is 0.122 e. The summed E-state index contributed by atoms with van der Waals surface area (Å²) in [5.74, 6) is 0.989. The first-order valence-corrected chi connectivity index (χ1v) is 5.54. The Morgan fingerprint density at radius 3 is 3.12 bits per heavy atom. The number of aliphatic hydroxyl groups is 1. The second kappa shape index (κ2) is 4.72. The molecule has 0 saturated carbocycles. The minimum Gasteiger partial charge on any atom is -0.493 e. The van der Waals surface area contributed by atoms with Crippen LogP contribution < -0.4 is 15.4 Å². The van der Waals surface area contributed by atoms with E-state index in [1.807, 2.05) is 19.2 Å². The van der Waals surface area contributed by atoms with Gasteiger partial charge in [0.2, 0.25) is 0 Å². The average Bonchev–Trinajstić information content (AvgIpc) is 2.75. The lowest BCUT2D eigenvalue weighted by molar-refractivity contribution is 0.267. The predicted molar refractivity (Wildman–Crippen MR) is 64.0 cm³/mol. The van der Waals surface area contributed by atoms with Crippen molar-refractivity contribution in [1.82, 2.24) is 0 Å². The number of benzene rings is 1. The molecular formula is C12H18N2O2. The Hall–Kier alpha value is -1.26. The molecule has 0 fully saturated rings. The molecule has 0 saturated heterocycles. The predicted octanol–water partition coefficient (Wildman–Crippen LogP) is 0.377. The van der Waals surface area contributed by atoms with Crippen LogP contribution in [0.2, 0.25) is 0 Å². The fraction of sp³-hybridized carbons (Fsp3) is 0.500. The van der Waals surface area contributed by atoms with Crippen LogP contribution in [0.5, 0.6) is 5.75 Å². The zero-order chi connectivity index (χ0) is 11.5. The Morgan fingerprint density at radius 2 is 2.38 bits per heavy atom. The van der Waals surface area contributed by atoms with Crippen molar-refractivity contribution in [1.29, 1.82) is 0 Å². The lowest BCUT2D eigenvalue weighted by Gasteiger charge is -2.22. The molecule has 0 aliphatic carbocycles. The molecule has 88 valence electrons. The van der Waals surface area contributed by atoms with Crippen LogP contribution >= 0.6 is 0 Å². The average molecular weight is 222 g/mol. The number of hydrogen-bond acceptors (Lipinski definition) is 4. The third-order valence-corrected chi connectivity index (χ3v) is 2.86. The van der Waals surface area contributed by atoms with Gasteiger partial charge in [-0.05, 0) is 23.8 Å². The van der Waals surface area contributed by atoms with Crippen molar-refractivity contribution >= 4 is 5.69 Å². The van der Waals surface area contributed by atoms with Crippen molar-refractivity contribution in [2.75, 3.05) is 31.7 Å². The first-order valence-electron chi connectivity index (χ1n) is 5.54. The number of nitrogens with zero attached hydrogens (tertiary/aromatic N) is 1. The van der Waals surface area contributed by atoms with Crippen molar-refractivity contribution in [3.8, 4) is 5.75 Å². The molecular weight excluding hydrogens is 204 g/mol. The molecule has 1 aromatic carbocycles. The van der Waals surface area contributed by atoms with E-state index in [2.05, 4.69) is 11.0 Å². The summed E-state index contributed by atoms with van der Waals surface area (Å²) in [6.07, 6.45) is 0.975. The van der Waals surface area contributed by atoms with E-state index in [4.69, 9.17) is 15.6 Å². The van der Waals surface area contributed by atoms with Crippen LogP contribution in [0.15, 0.2) is 18.2 Å². The molecule has 3 N–H and O–H groups in total. The Labute approximate surface area is 95.6 Å². The molecule has 0 aromatic heterocycles. The van der Waals surface area contributed by atoms with Gasteiger partial charge in [0.15, 0.2) is 0 Å². The SMILES string of the molecule is CN(CC(N)CO)c1ccc2c(c1)CCO2. The van der Waals surface area contributed by atoms with Gasteiger partial charge < -0.3 is 20.5 Å². The van der Waals surface area contributed by atoms with E-state index in [-0.39, 0.29) is 12.6 Å². The highest BCUT2D eigenvalue weighted by molar-refractivity contribution is 5.53. The monoisotopic (exact) mass is 222 g/mol. The molecule has 2 rings (SSSR count).